The number of amides is 1. The van der Waals surface area contributed by atoms with Gasteiger partial charge in [0.15, 0.2) is 5.82 Å². The summed E-state index contributed by atoms with van der Waals surface area (Å²) >= 11 is 3.38. The quantitative estimate of drug-likeness (QED) is 0.895. The Kier molecular flexibility index (Phi) is 4.26. The van der Waals surface area contributed by atoms with Crippen LogP contribution in [0.5, 0.6) is 0 Å². The van der Waals surface area contributed by atoms with E-state index >= 15 is 0 Å². The van der Waals surface area contributed by atoms with Crippen LogP contribution in [-0.4, -0.2) is 38.8 Å². The fraction of sp³-hybridized carbons (Fsp3) is 0.385. The predicted molar refractivity (Wildman–Crippen MR) is 77.7 cm³/mol. The minimum atomic E-state index is -0.345. The molecule has 1 N–H and O–H groups in total. The molecule has 1 amide bonds. The Morgan fingerprint density at radius 3 is 2.95 bits per heavy atom. The van der Waals surface area contributed by atoms with Gasteiger partial charge in [0.2, 0.25) is 5.91 Å². The van der Waals surface area contributed by atoms with E-state index in [0.29, 0.717) is 12.4 Å². The molecular formula is C13H14BrN5O2. The smallest absolute Gasteiger partial charge is 0.249 e. The average molecular weight is 352 g/mol. The molecule has 0 saturated carbocycles. The van der Waals surface area contributed by atoms with Crippen LogP contribution in [0.1, 0.15) is 18.7 Å². The van der Waals surface area contributed by atoms with Crippen molar-refractivity contribution in [1.82, 2.24) is 25.5 Å². The largest absolute Gasteiger partial charge is 0.368 e. The number of rotatable bonds is 4. The molecule has 1 atom stereocenters. The minimum absolute atomic E-state index is 0.113. The number of ether oxygens (including phenoxy) is 1. The van der Waals surface area contributed by atoms with Crippen LogP contribution in [0.15, 0.2) is 28.7 Å². The first-order valence-electron chi connectivity index (χ1n) is 6.66. The zero-order chi connectivity index (χ0) is 14.7. The Morgan fingerprint density at radius 1 is 1.43 bits per heavy atom. The molecule has 1 aliphatic rings. The zero-order valence-electron chi connectivity index (χ0n) is 11.2. The van der Waals surface area contributed by atoms with Crippen molar-refractivity contribution in [2.24, 2.45) is 0 Å². The van der Waals surface area contributed by atoms with Gasteiger partial charge < -0.3 is 10.1 Å². The normalized spacial score (nSPS) is 17.9. The Bertz CT molecular complexity index is 622. The van der Waals surface area contributed by atoms with Gasteiger partial charge >= 0.3 is 0 Å². The third-order valence-electron chi connectivity index (χ3n) is 3.25. The zero-order valence-corrected chi connectivity index (χ0v) is 12.8. The van der Waals surface area contributed by atoms with Crippen molar-refractivity contribution in [2.75, 3.05) is 6.61 Å². The highest BCUT2D eigenvalue weighted by atomic mass is 79.9. The van der Waals surface area contributed by atoms with E-state index in [0.717, 1.165) is 23.0 Å². The van der Waals surface area contributed by atoms with Gasteiger partial charge in [0.1, 0.15) is 6.10 Å². The van der Waals surface area contributed by atoms with Crippen LogP contribution in [0.4, 0.5) is 0 Å². The standard InChI is InChI=1S/C13H14BrN5O2/c14-9-3-5-10(6-4-9)19-12(16-17-18-19)8-15-13(20)11-2-1-7-21-11/h3-6,11H,1-2,7-8H2,(H,15,20). The Morgan fingerprint density at radius 2 is 2.24 bits per heavy atom. The molecule has 2 aromatic rings. The highest BCUT2D eigenvalue weighted by molar-refractivity contribution is 9.10. The molecule has 1 aromatic carbocycles. The van der Waals surface area contributed by atoms with Crippen LogP contribution in [0.25, 0.3) is 5.69 Å². The van der Waals surface area contributed by atoms with Crippen molar-refractivity contribution < 1.29 is 9.53 Å². The van der Waals surface area contributed by atoms with Gasteiger partial charge in [-0.15, -0.1) is 5.10 Å². The van der Waals surface area contributed by atoms with Gasteiger partial charge in [-0.05, 0) is 47.5 Å². The first kappa shape index (κ1) is 14.2. The molecule has 1 saturated heterocycles. The summed E-state index contributed by atoms with van der Waals surface area (Å²) in [7, 11) is 0. The third kappa shape index (κ3) is 3.27. The molecule has 0 radical (unpaired) electrons. The molecule has 0 bridgehead atoms. The van der Waals surface area contributed by atoms with Crippen molar-refractivity contribution in [1.29, 1.82) is 0 Å². The maximum atomic E-state index is 11.9. The number of benzene rings is 1. The van der Waals surface area contributed by atoms with Gasteiger partial charge in [0.05, 0.1) is 12.2 Å². The summed E-state index contributed by atoms with van der Waals surface area (Å²) < 4.78 is 7.92. The van der Waals surface area contributed by atoms with Crippen LogP contribution in [-0.2, 0) is 16.1 Å². The van der Waals surface area contributed by atoms with Gasteiger partial charge in [-0.2, -0.15) is 4.68 Å². The van der Waals surface area contributed by atoms with Crippen molar-refractivity contribution in [3.63, 3.8) is 0 Å². The summed E-state index contributed by atoms with van der Waals surface area (Å²) in [6.07, 6.45) is 1.35. The molecule has 21 heavy (non-hydrogen) atoms. The number of nitrogens with one attached hydrogen (secondary N) is 1. The van der Waals surface area contributed by atoms with E-state index in [2.05, 4.69) is 36.8 Å². The van der Waals surface area contributed by atoms with Crippen molar-refractivity contribution in [3.8, 4) is 5.69 Å². The first-order chi connectivity index (χ1) is 10.2. The topological polar surface area (TPSA) is 81.9 Å². The number of halogens is 1. The molecule has 1 unspecified atom stereocenters. The second-order valence-electron chi connectivity index (χ2n) is 4.70. The highest BCUT2D eigenvalue weighted by Crippen LogP contribution is 2.14. The van der Waals surface area contributed by atoms with Crippen LogP contribution >= 0.6 is 15.9 Å². The van der Waals surface area contributed by atoms with Crippen LogP contribution in [0, 0.1) is 0 Å². The maximum absolute atomic E-state index is 11.9. The van der Waals surface area contributed by atoms with E-state index in [-0.39, 0.29) is 18.6 Å². The van der Waals surface area contributed by atoms with Crippen LogP contribution in [0.2, 0.25) is 0 Å². The third-order valence-corrected chi connectivity index (χ3v) is 3.78. The molecule has 3 rings (SSSR count). The van der Waals surface area contributed by atoms with Gasteiger partial charge in [-0.3, -0.25) is 4.79 Å². The van der Waals surface area contributed by atoms with E-state index in [4.69, 9.17) is 4.74 Å². The van der Waals surface area contributed by atoms with Crippen LogP contribution in [0.3, 0.4) is 0 Å². The van der Waals surface area contributed by atoms with Gasteiger partial charge in [-0.25, -0.2) is 0 Å². The molecule has 0 aliphatic carbocycles. The first-order valence-corrected chi connectivity index (χ1v) is 7.46. The molecule has 1 fully saturated rings. The lowest BCUT2D eigenvalue weighted by Gasteiger charge is -2.10. The van der Waals surface area contributed by atoms with Crippen molar-refractivity contribution in [2.45, 2.75) is 25.5 Å². The van der Waals surface area contributed by atoms with E-state index in [1.165, 1.54) is 0 Å². The monoisotopic (exact) mass is 351 g/mol. The summed E-state index contributed by atoms with van der Waals surface area (Å²) in [4.78, 5) is 11.9. The van der Waals surface area contributed by atoms with Gasteiger partial charge in [-0.1, -0.05) is 15.9 Å². The van der Waals surface area contributed by atoms with E-state index in [9.17, 15) is 4.79 Å². The average Bonchev–Trinajstić information content (AvgIpc) is 3.17. The molecule has 8 heteroatoms. The number of carbonyl (C=O) groups excluding carboxylic acids is 1. The summed E-state index contributed by atoms with van der Waals surface area (Å²) in [6.45, 7) is 0.913. The summed E-state index contributed by atoms with van der Waals surface area (Å²) in [5, 5.41) is 14.4. The predicted octanol–water partition coefficient (Wildman–Crippen LogP) is 1.22. The second kappa shape index (κ2) is 6.31. The summed E-state index contributed by atoms with van der Waals surface area (Å²) in [6, 6.07) is 7.61. The Hall–Kier alpha value is -1.80. The molecular weight excluding hydrogens is 338 g/mol. The van der Waals surface area contributed by atoms with Gasteiger partial charge in [0, 0.05) is 11.1 Å². The number of hydrogen-bond acceptors (Lipinski definition) is 5. The molecule has 110 valence electrons. The van der Waals surface area contributed by atoms with E-state index in [1.54, 1.807) is 4.68 Å². The molecule has 7 nitrogen and oxygen atoms in total. The number of hydrogen-bond donors (Lipinski definition) is 1. The van der Waals surface area contributed by atoms with Crippen molar-refractivity contribution in [3.05, 3.63) is 34.6 Å². The molecule has 2 heterocycles. The number of aromatic nitrogens is 4. The van der Waals surface area contributed by atoms with Crippen LogP contribution < -0.4 is 5.32 Å². The number of tetrazole rings is 1. The minimum Gasteiger partial charge on any atom is -0.368 e. The highest BCUT2D eigenvalue weighted by Gasteiger charge is 2.23. The maximum Gasteiger partial charge on any atom is 0.249 e. The lowest BCUT2D eigenvalue weighted by molar-refractivity contribution is -0.130. The lowest BCUT2D eigenvalue weighted by atomic mass is 10.2. The number of carbonyl (C=O) groups is 1. The molecule has 1 aromatic heterocycles. The lowest BCUT2D eigenvalue weighted by Crippen LogP contribution is -2.34. The SMILES string of the molecule is O=C(NCc1nnnn1-c1ccc(Br)cc1)C1CCCO1. The van der Waals surface area contributed by atoms with E-state index < -0.39 is 0 Å². The Balaban J connectivity index is 1.68. The van der Waals surface area contributed by atoms with E-state index in [1.807, 2.05) is 24.3 Å². The molecule has 1 aliphatic heterocycles. The fourth-order valence-electron chi connectivity index (χ4n) is 2.16. The summed E-state index contributed by atoms with van der Waals surface area (Å²) in [5.41, 5.74) is 0.838. The number of nitrogens with zero attached hydrogens (tertiary/aromatic N) is 4. The van der Waals surface area contributed by atoms with Gasteiger partial charge in [0.25, 0.3) is 0 Å². The summed E-state index contributed by atoms with van der Waals surface area (Å²) in [5.74, 6) is 0.460. The fourth-order valence-corrected chi connectivity index (χ4v) is 2.43. The molecule has 0 spiro atoms. The van der Waals surface area contributed by atoms with Crippen molar-refractivity contribution >= 4 is 21.8 Å². The Labute approximate surface area is 129 Å². The second-order valence-corrected chi connectivity index (χ2v) is 5.62.